The molecule has 0 saturated heterocycles. The van der Waals surface area contributed by atoms with Crippen molar-refractivity contribution >= 4 is 0 Å². The normalized spacial score (nSPS) is 30.7. The topological polar surface area (TPSA) is 35.2 Å². The van der Waals surface area contributed by atoms with E-state index in [9.17, 15) is 0 Å². The molecule has 0 aromatic rings. The fourth-order valence-corrected chi connectivity index (χ4v) is 1.90. The van der Waals surface area contributed by atoms with E-state index in [4.69, 9.17) is 10.5 Å². The van der Waals surface area contributed by atoms with E-state index in [0.717, 1.165) is 13.2 Å². The van der Waals surface area contributed by atoms with Crippen LogP contribution in [0.4, 0.5) is 0 Å². The maximum absolute atomic E-state index is 5.88. The molecule has 0 aromatic carbocycles. The van der Waals surface area contributed by atoms with Gasteiger partial charge >= 0.3 is 0 Å². The first-order valence-electron chi connectivity index (χ1n) is 5.59. The summed E-state index contributed by atoms with van der Waals surface area (Å²) in [6.45, 7) is 6.17. The Hall–Kier alpha value is -0.0800. The average Bonchev–Trinajstić information content (AvgIpc) is 2.61. The van der Waals surface area contributed by atoms with Crippen molar-refractivity contribution in [1.29, 1.82) is 0 Å². The minimum absolute atomic E-state index is 0.457. The van der Waals surface area contributed by atoms with E-state index in [-0.39, 0.29) is 0 Å². The van der Waals surface area contributed by atoms with Crippen molar-refractivity contribution in [3.63, 3.8) is 0 Å². The zero-order valence-corrected chi connectivity index (χ0v) is 8.96. The Balaban J connectivity index is 2.19. The molecule has 0 bridgehead atoms. The second-order valence-electron chi connectivity index (χ2n) is 4.31. The lowest BCUT2D eigenvalue weighted by molar-refractivity contribution is 0.0114. The van der Waals surface area contributed by atoms with Crippen LogP contribution >= 0.6 is 0 Å². The zero-order chi connectivity index (χ0) is 9.68. The van der Waals surface area contributed by atoms with Gasteiger partial charge < -0.3 is 10.5 Å². The summed E-state index contributed by atoms with van der Waals surface area (Å²) in [5.74, 6) is 1.32. The summed E-state index contributed by atoms with van der Waals surface area (Å²) in [6.07, 6.45) is 5.45. The van der Waals surface area contributed by atoms with Crippen LogP contribution in [0.5, 0.6) is 0 Å². The third kappa shape index (κ3) is 3.28. The van der Waals surface area contributed by atoms with Crippen molar-refractivity contribution in [2.75, 3.05) is 13.2 Å². The molecule has 0 spiro atoms. The summed E-state index contributed by atoms with van der Waals surface area (Å²) < 4.78 is 5.88. The van der Waals surface area contributed by atoms with Crippen molar-refractivity contribution in [1.82, 2.24) is 0 Å². The molecule has 0 radical (unpaired) electrons. The van der Waals surface area contributed by atoms with Crippen molar-refractivity contribution < 1.29 is 4.74 Å². The van der Waals surface area contributed by atoms with Crippen molar-refractivity contribution in [2.45, 2.75) is 45.6 Å². The first kappa shape index (κ1) is 11.0. The number of hydrogen-bond acceptors (Lipinski definition) is 2. The fourth-order valence-electron chi connectivity index (χ4n) is 1.90. The Bertz CT molecular complexity index is 138. The minimum atomic E-state index is 0.457. The maximum atomic E-state index is 5.88. The van der Waals surface area contributed by atoms with Gasteiger partial charge in [0.05, 0.1) is 6.10 Å². The molecule has 78 valence electrons. The summed E-state index contributed by atoms with van der Waals surface area (Å²) in [7, 11) is 0. The standard InChI is InChI=1S/C11H23NO/c1-3-9(2)8-13-11-6-4-5-10(11)7-12/h9-11H,3-8,12H2,1-2H3. The molecule has 2 nitrogen and oxygen atoms in total. The van der Waals surface area contributed by atoms with Gasteiger partial charge in [0.2, 0.25) is 0 Å². The molecule has 1 fully saturated rings. The van der Waals surface area contributed by atoms with Crippen LogP contribution in [-0.2, 0) is 4.74 Å². The molecule has 13 heavy (non-hydrogen) atoms. The van der Waals surface area contributed by atoms with Crippen LogP contribution in [-0.4, -0.2) is 19.3 Å². The summed E-state index contributed by atoms with van der Waals surface area (Å²) in [4.78, 5) is 0. The van der Waals surface area contributed by atoms with Crippen LogP contribution in [0.15, 0.2) is 0 Å². The summed E-state index contributed by atoms with van der Waals surface area (Å²) >= 11 is 0. The number of nitrogens with two attached hydrogens (primary N) is 1. The molecule has 3 atom stereocenters. The molecule has 2 N–H and O–H groups in total. The van der Waals surface area contributed by atoms with E-state index >= 15 is 0 Å². The fraction of sp³-hybridized carbons (Fsp3) is 1.00. The number of hydrogen-bond donors (Lipinski definition) is 1. The van der Waals surface area contributed by atoms with Crippen molar-refractivity contribution in [3.8, 4) is 0 Å². The molecule has 0 heterocycles. The summed E-state index contributed by atoms with van der Waals surface area (Å²) in [5, 5.41) is 0. The van der Waals surface area contributed by atoms with Crippen LogP contribution in [0.2, 0.25) is 0 Å². The summed E-state index contributed by atoms with van der Waals surface area (Å²) in [5.41, 5.74) is 5.68. The molecular formula is C11H23NO. The van der Waals surface area contributed by atoms with E-state index in [2.05, 4.69) is 13.8 Å². The van der Waals surface area contributed by atoms with E-state index in [1.165, 1.54) is 25.7 Å². The highest BCUT2D eigenvalue weighted by molar-refractivity contribution is 4.78. The second kappa shape index (κ2) is 5.61. The van der Waals surface area contributed by atoms with Gasteiger partial charge in [-0.1, -0.05) is 26.7 Å². The SMILES string of the molecule is CCC(C)COC1CCCC1CN. The Morgan fingerprint density at radius 2 is 2.23 bits per heavy atom. The lowest BCUT2D eigenvalue weighted by Crippen LogP contribution is -2.26. The smallest absolute Gasteiger partial charge is 0.0615 e. The highest BCUT2D eigenvalue weighted by Gasteiger charge is 2.26. The van der Waals surface area contributed by atoms with Gasteiger partial charge in [0.15, 0.2) is 0 Å². The lowest BCUT2D eigenvalue weighted by atomic mass is 10.1. The highest BCUT2D eigenvalue weighted by Crippen LogP contribution is 2.27. The van der Waals surface area contributed by atoms with Gasteiger partial charge in [-0.05, 0) is 31.2 Å². The Morgan fingerprint density at radius 3 is 2.85 bits per heavy atom. The minimum Gasteiger partial charge on any atom is -0.378 e. The number of rotatable bonds is 5. The molecule has 1 saturated carbocycles. The van der Waals surface area contributed by atoms with E-state index in [1.807, 2.05) is 0 Å². The Kier molecular flexibility index (Phi) is 4.74. The molecule has 0 aromatic heterocycles. The van der Waals surface area contributed by atoms with E-state index < -0.39 is 0 Å². The molecule has 1 aliphatic rings. The van der Waals surface area contributed by atoms with Gasteiger partial charge in [-0.15, -0.1) is 0 Å². The van der Waals surface area contributed by atoms with Crippen LogP contribution in [0.25, 0.3) is 0 Å². The molecule has 1 aliphatic carbocycles. The summed E-state index contributed by atoms with van der Waals surface area (Å²) in [6, 6.07) is 0. The molecule has 3 unspecified atom stereocenters. The van der Waals surface area contributed by atoms with Crippen molar-refractivity contribution in [2.24, 2.45) is 17.6 Å². The predicted molar refractivity (Wildman–Crippen MR) is 55.6 cm³/mol. The number of ether oxygens (including phenoxy) is 1. The van der Waals surface area contributed by atoms with E-state index in [0.29, 0.717) is 17.9 Å². The quantitative estimate of drug-likeness (QED) is 0.712. The lowest BCUT2D eigenvalue weighted by Gasteiger charge is -2.20. The third-order valence-corrected chi connectivity index (χ3v) is 3.18. The third-order valence-electron chi connectivity index (χ3n) is 3.18. The Labute approximate surface area is 81.8 Å². The van der Waals surface area contributed by atoms with Gasteiger partial charge in [-0.3, -0.25) is 0 Å². The van der Waals surface area contributed by atoms with Crippen LogP contribution in [0, 0.1) is 11.8 Å². The van der Waals surface area contributed by atoms with E-state index in [1.54, 1.807) is 0 Å². The van der Waals surface area contributed by atoms with Crippen molar-refractivity contribution in [3.05, 3.63) is 0 Å². The van der Waals surface area contributed by atoms with Crippen LogP contribution in [0.3, 0.4) is 0 Å². The molecule has 0 aliphatic heterocycles. The molecule has 1 rings (SSSR count). The average molecular weight is 185 g/mol. The first-order valence-corrected chi connectivity index (χ1v) is 5.59. The molecule has 2 heteroatoms. The van der Waals surface area contributed by atoms with Crippen LogP contribution < -0.4 is 5.73 Å². The van der Waals surface area contributed by atoms with Gasteiger partial charge in [0.25, 0.3) is 0 Å². The predicted octanol–water partition coefficient (Wildman–Crippen LogP) is 2.18. The maximum Gasteiger partial charge on any atom is 0.0615 e. The molecular weight excluding hydrogens is 162 g/mol. The first-order chi connectivity index (χ1) is 6.27. The highest BCUT2D eigenvalue weighted by atomic mass is 16.5. The van der Waals surface area contributed by atoms with Gasteiger partial charge in [-0.2, -0.15) is 0 Å². The van der Waals surface area contributed by atoms with Gasteiger partial charge in [0, 0.05) is 6.61 Å². The van der Waals surface area contributed by atoms with Gasteiger partial charge in [-0.25, -0.2) is 0 Å². The van der Waals surface area contributed by atoms with Crippen LogP contribution in [0.1, 0.15) is 39.5 Å². The van der Waals surface area contributed by atoms with Gasteiger partial charge in [0.1, 0.15) is 0 Å². The largest absolute Gasteiger partial charge is 0.378 e. The Morgan fingerprint density at radius 1 is 1.46 bits per heavy atom. The monoisotopic (exact) mass is 185 g/mol. The zero-order valence-electron chi connectivity index (χ0n) is 8.96. The molecule has 0 amide bonds. The second-order valence-corrected chi connectivity index (χ2v) is 4.31.